The number of nitriles is 1. The maximum atomic E-state index is 12.5. The highest BCUT2D eigenvalue weighted by atomic mass is 35.5. The van der Waals surface area contributed by atoms with Crippen molar-refractivity contribution in [1.29, 1.82) is 5.26 Å². The summed E-state index contributed by atoms with van der Waals surface area (Å²) in [6.07, 6.45) is 1.39. The van der Waals surface area contributed by atoms with Crippen LogP contribution in [0.4, 0.5) is 11.4 Å². The number of nitro groups is 1. The number of amides is 1. The topological polar surface area (TPSA) is 105 Å². The first kappa shape index (κ1) is 22.8. The third-order valence-electron chi connectivity index (χ3n) is 4.28. The first-order chi connectivity index (χ1) is 15.4. The molecule has 7 nitrogen and oxygen atoms in total. The second-order valence-corrected chi connectivity index (χ2v) is 7.32. The van der Waals surface area contributed by atoms with E-state index in [1.165, 1.54) is 30.3 Å². The minimum Gasteiger partial charge on any atom is -0.488 e. The normalized spacial score (nSPS) is 10.8. The van der Waals surface area contributed by atoms with E-state index in [4.69, 9.17) is 27.9 Å². The van der Waals surface area contributed by atoms with Gasteiger partial charge in [0.1, 0.15) is 24.0 Å². The zero-order valence-corrected chi connectivity index (χ0v) is 17.9. The van der Waals surface area contributed by atoms with Crippen molar-refractivity contribution in [2.45, 2.75) is 6.61 Å². The number of rotatable bonds is 7. The fraction of sp³-hybridized carbons (Fsp3) is 0.0435. The molecule has 3 aromatic rings. The van der Waals surface area contributed by atoms with Crippen molar-refractivity contribution in [3.63, 3.8) is 0 Å². The quantitative estimate of drug-likeness (QED) is 0.197. The van der Waals surface area contributed by atoms with Crippen LogP contribution in [0.15, 0.2) is 72.3 Å². The molecular weight excluding hydrogens is 453 g/mol. The Kier molecular flexibility index (Phi) is 7.45. The second-order valence-electron chi connectivity index (χ2n) is 6.51. The molecule has 32 heavy (non-hydrogen) atoms. The summed E-state index contributed by atoms with van der Waals surface area (Å²) in [5.41, 5.74) is 1.14. The highest BCUT2D eigenvalue weighted by molar-refractivity contribution is 6.42. The maximum Gasteiger partial charge on any atom is 0.271 e. The number of ether oxygens (including phenoxy) is 1. The van der Waals surface area contributed by atoms with Gasteiger partial charge in [-0.05, 0) is 35.9 Å². The predicted molar refractivity (Wildman–Crippen MR) is 123 cm³/mol. The molecule has 1 N–H and O–H groups in total. The summed E-state index contributed by atoms with van der Waals surface area (Å²) >= 11 is 12.0. The summed E-state index contributed by atoms with van der Waals surface area (Å²) in [7, 11) is 0. The molecule has 0 aliphatic rings. The van der Waals surface area contributed by atoms with Crippen LogP contribution >= 0.6 is 23.2 Å². The molecule has 0 heterocycles. The van der Waals surface area contributed by atoms with Gasteiger partial charge in [0.15, 0.2) is 0 Å². The molecule has 3 rings (SSSR count). The van der Waals surface area contributed by atoms with Crippen molar-refractivity contribution < 1.29 is 14.5 Å². The van der Waals surface area contributed by atoms with Gasteiger partial charge in [-0.1, -0.05) is 53.5 Å². The van der Waals surface area contributed by atoms with Gasteiger partial charge < -0.3 is 10.1 Å². The standard InChI is InChI=1S/C23H15Cl2N3O4/c24-20-9-8-15(10-21(20)25)14-32-22-7-2-1-4-16(22)11-17(13-26)23(29)27-18-5-3-6-19(12-18)28(30)31/h1-12H,14H2,(H,27,29)/b17-11+. The molecule has 0 atom stereocenters. The average molecular weight is 468 g/mol. The van der Waals surface area contributed by atoms with Crippen molar-refractivity contribution in [2.75, 3.05) is 5.32 Å². The second kappa shape index (κ2) is 10.4. The summed E-state index contributed by atoms with van der Waals surface area (Å²) in [4.78, 5) is 22.9. The average Bonchev–Trinajstić information content (AvgIpc) is 2.79. The van der Waals surface area contributed by atoms with E-state index in [0.717, 1.165) is 5.56 Å². The van der Waals surface area contributed by atoms with E-state index < -0.39 is 10.8 Å². The maximum absolute atomic E-state index is 12.5. The Labute approximate surface area is 193 Å². The van der Waals surface area contributed by atoms with Gasteiger partial charge in [0.25, 0.3) is 11.6 Å². The lowest BCUT2D eigenvalue weighted by molar-refractivity contribution is -0.384. The lowest BCUT2D eigenvalue weighted by Crippen LogP contribution is -2.13. The van der Waals surface area contributed by atoms with Crippen molar-refractivity contribution in [2.24, 2.45) is 0 Å². The fourth-order valence-electron chi connectivity index (χ4n) is 2.72. The number of hydrogen-bond donors (Lipinski definition) is 1. The van der Waals surface area contributed by atoms with Gasteiger partial charge in [-0.2, -0.15) is 5.26 Å². The Hall–Kier alpha value is -3.86. The highest BCUT2D eigenvalue weighted by Crippen LogP contribution is 2.26. The van der Waals surface area contributed by atoms with E-state index in [1.54, 1.807) is 42.5 Å². The molecule has 0 fully saturated rings. The van der Waals surface area contributed by atoms with E-state index in [0.29, 0.717) is 21.4 Å². The Bertz CT molecular complexity index is 1250. The van der Waals surface area contributed by atoms with Gasteiger partial charge in [0, 0.05) is 23.4 Å². The van der Waals surface area contributed by atoms with Gasteiger partial charge in [-0.15, -0.1) is 0 Å². The zero-order chi connectivity index (χ0) is 23.1. The first-order valence-electron chi connectivity index (χ1n) is 9.20. The molecule has 0 aliphatic carbocycles. The van der Waals surface area contributed by atoms with E-state index in [-0.39, 0.29) is 23.6 Å². The lowest BCUT2D eigenvalue weighted by Gasteiger charge is -2.10. The van der Waals surface area contributed by atoms with E-state index >= 15 is 0 Å². The first-order valence-corrected chi connectivity index (χ1v) is 9.96. The van der Waals surface area contributed by atoms with Crippen LogP contribution in [0, 0.1) is 21.4 Å². The number of carbonyl (C=O) groups excluding carboxylic acids is 1. The van der Waals surface area contributed by atoms with E-state index in [1.807, 2.05) is 6.07 Å². The molecular formula is C23H15Cl2N3O4. The Morgan fingerprint density at radius 2 is 1.88 bits per heavy atom. The molecule has 0 saturated heterocycles. The Morgan fingerprint density at radius 1 is 1.09 bits per heavy atom. The monoisotopic (exact) mass is 467 g/mol. The number of halogens is 2. The molecule has 160 valence electrons. The van der Waals surface area contributed by atoms with Crippen LogP contribution in [0.1, 0.15) is 11.1 Å². The SMILES string of the molecule is N#C/C(=C\c1ccccc1OCc1ccc(Cl)c(Cl)c1)C(=O)Nc1cccc([N+](=O)[O-])c1. The molecule has 0 spiro atoms. The zero-order valence-electron chi connectivity index (χ0n) is 16.4. The van der Waals surface area contributed by atoms with Crippen LogP contribution in [-0.2, 0) is 11.4 Å². The number of carbonyl (C=O) groups is 1. The number of nitrogens with zero attached hydrogens (tertiary/aromatic N) is 2. The van der Waals surface area contributed by atoms with Crippen molar-refractivity contribution in [1.82, 2.24) is 0 Å². The number of nitrogens with one attached hydrogen (secondary N) is 1. The predicted octanol–water partition coefficient (Wildman–Crippen LogP) is 6.03. The van der Waals surface area contributed by atoms with Crippen LogP contribution in [0.5, 0.6) is 5.75 Å². The lowest BCUT2D eigenvalue weighted by atomic mass is 10.1. The smallest absolute Gasteiger partial charge is 0.271 e. The fourth-order valence-corrected chi connectivity index (χ4v) is 3.04. The number of nitro benzene ring substituents is 1. The third kappa shape index (κ3) is 5.85. The summed E-state index contributed by atoms with van der Waals surface area (Å²) in [6.45, 7) is 0.198. The van der Waals surface area contributed by atoms with Gasteiger partial charge >= 0.3 is 0 Å². The van der Waals surface area contributed by atoms with Gasteiger partial charge in [0.05, 0.1) is 15.0 Å². The van der Waals surface area contributed by atoms with Gasteiger partial charge in [-0.3, -0.25) is 14.9 Å². The molecule has 0 aromatic heterocycles. The molecule has 0 saturated carbocycles. The van der Waals surface area contributed by atoms with Gasteiger partial charge in [-0.25, -0.2) is 0 Å². The van der Waals surface area contributed by atoms with Crippen LogP contribution < -0.4 is 10.1 Å². The Morgan fingerprint density at radius 3 is 2.59 bits per heavy atom. The third-order valence-corrected chi connectivity index (χ3v) is 5.02. The highest BCUT2D eigenvalue weighted by Gasteiger charge is 2.13. The number of non-ortho nitro benzene ring substituents is 1. The van der Waals surface area contributed by atoms with Crippen LogP contribution in [0.3, 0.4) is 0 Å². The Balaban J connectivity index is 1.79. The molecule has 0 aliphatic heterocycles. The summed E-state index contributed by atoms with van der Waals surface area (Å²) in [5, 5.41) is 23.7. The number of benzene rings is 3. The molecule has 0 bridgehead atoms. The largest absolute Gasteiger partial charge is 0.488 e. The summed E-state index contributed by atoms with van der Waals surface area (Å²) in [6, 6.07) is 19.3. The van der Waals surface area contributed by atoms with Crippen molar-refractivity contribution in [3.05, 3.63) is 104 Å². The molecule has 3 aromatic carbocycles. The molecule has 9 heteroatoms. The molecule has 1 amide bonds. The van der Waals surface area contributed by atoms with E-state index in [2.05, 4.69) is 5.32 Å². The molecule has 0 unspecified atom stereocenters. The minimum atomic E-state index is -0.702. The van der Waals surface area contributed by atoms with Crippen molar-refractivity contribution >= 4 is 46.6 Å². The van der Waals surface area contributed by atoms with Crippen molar-refractivity contribution in [3.8, 4) is 11.8 Å². The molecule has 0 radical (unpaired) electrons. The van der Waals surface area contributed by atoms with Gasteiger partial charge in [0.2, 0.25) is 0 Å². The van der Waals surface area contributed by atoms with Crippen LogP contribution in [0.25, 0.3) is 6.08 Å². The number of hydrogen-bond acceptors (Lipinski definition) is 5. The van der Waals surface area contributed by atoms with Crippen LogP contribution in [-0.4, -0.2) is 10.8 Å². The minimum absolute atomic E-state index is 0.175. The summed E-state index contributed by atoms with van der Waals surface area (Å²) < 4.78 is 5.84. The van der Waals surface area contributed by atoms with E-state index in [9.17, 15) is 20.2 Å². The number of para-hydroxylation sites is 1. The summed E-state index contributed by atoms with van der Waals surface area (Å²) in [5.74, 6) is -0.248. The van der Waals surface area contributed by atoms with Crippen LogP contribution in [0.2, 0.25) is 10.0 Å². The number of anilines is 1.